The Morgan fingerprint density at radius 2 is 1.77 bits per heavy atom. The lowest BCUT2D eigenvalue weighted by atomic mass is 10.1. The third-order valence-corrected chi connectivity index (χ3v) is 5.27. The van der Waals surface area contributed by atoms with Gasteiger partial charge in [-0.2, -0.15) is 0 Å². The Kier molecular flexibility index (Phi) is 9.66. The summed E-state index contributed by atoms with van der Waals surface area (Å²) in [5, 5.41) is 3.52. The molecule has 2 rings (SSSR count). The highest BCUT2D eigenvalue weighted by Crippen LogP contribution is 2.20. The Bertz CT molecular complexity index is 874. The molecule has 0 aliphatic carbocycles. The van der Waals surface area contributed by atoms with Crippen LogP contribution in [0.5, 0.6) is 11.5 Å². The topological polar surface area (TPSA) is 67.9 Å². The van der Waals surface area contributed by atoms with Crippen molar-refractivity contribution in [1.82, 2.24) is 10.2 Å². The summed E-state index contributed by atoms with van der Waals surface area (Å²) < 4.78 is 11.0. The highest BCUT2D eigenvalue weighted by molar-refractivity contribution is 6.30. The van der Waals surface area contributed by atoms with E-state index in [0.29, 0.717) is 22.9 Å². The fourth-order valence-electron chi connectivity index (χ4n) is 3.11. The lowest BCUT2D eigenvalue weighted by molar-refractivity contribution is -0.143. The minimum absolute atomic E-state index is 0.0260. The molecule has 0 saturated heterocycles. The number of nitrogens with one attached hydrogen (secondary N) is 1. The van der Waals surface area contributed by atoms with Gasteiger partial charge in [0.1, 0.15) is 17.5 Å². The van der Waals surface area contributed by atoms with Crippen molar-refractivity contribution in [3.8, 4) is 11.5 Å². The summed E-state index contributed by atoms with van der Waals surface area (Å²) in [6.45, 7) is 5.91. The van der Waals surface area contributed by atoms with Crippen LogP contribution in [0.3, 0.4) is 0 Å². The van der Waals surface area contributed by atoms with Crippen molar-refractivity contribution in [3.63, 3.8) is 0 Å². The number of nitrogens with zero attached hydrogens (tertiary/aromatic N) is 1. The van der Waals surface area contributed by atoms with Crippen LogP contribution in [0.15, 0.2) is 48.5 Å². The van der Waals surface area contributed by atoms with E-state index in [1.165, 1.54) is 0 Å². The molecule has 6 nitrogen and oxygen atoms in total. The first-order valence-corrected chi connectivity index (χ1v) is 10.9. The monoisotopic (exact) mass is 446 g/mol. The van der Waals surface area contributed by atoms with Gasteiger partial charge in [0.05, 0.1) is 7.11 Å². The van der Waals surface area contributed by atoms with Gasteiger partial charge in [-0.25, -0.2) is 0 Å². The van der Waals surface area contributed by atoms with Gasteiger partial charge in [0.15, 0.2) is 6.61 Å². The highest BCUT2D eigenvalue weighted by atomic mass is 35.5. The Hall–Kier alpha value is -2.73. The molecule has 2 atom stereocenters. The number of carbonyl (C=O) groups excluding carboxylic acids is 2. The van der Waals surface area contributed by atoms with E-state index in [2.05, 4.69) is 5.32 Å². The average molecular weight is 447 g/mol. The molecule has 0 unspecified atom stereocenters. The normalized spacial score (nSPS) is 12.5. The van der Waals surface area contributed by atoms with Gasteiger partial charge in [-0.15, -0.1) is 0 Å². The molecule has 0 fully saturated rings. The second-order valence-corrected chi connectivity index (χ2v) is 7.80. The predicted octanol–water partition coefficient (Wildman–Crippen LogP) is 4.45. The van der Waals surface area contributed by atoms with E-state index >= 15 is 0 Å². The summed E-state index contributed by atoms with van der Waals surface area (Å²) in [4.78, 5) is 27.7. The van der Waals surface area contributed by atoms with Gasteiger partial charge in [0.25, 0.3) is 5.91 Å². The van der Waals surface area contributed by atoms with Gasteiger partial charge in [0, 0.05) is 17.6 Å². The number of carbonyl (C=O) groups is 2. The number of halogens is 1. The predicted molar refractivity (Wildman–Crippen MR) is 122 cm³/mol. The van der Waals surface area contributed by atoms with Crippen LogP contribution in [0.2, 0.25) is 5.02 Å². The molecule has 0 saturated carbocycles. The zero-order chi connectivity index (χ0) is 22.8. The van der Waals surface area contributed by atoms with Crippen LogP contribution >= 0.6 is 11.6 Å². The molecule has 0 radical (unpaired) electrons. The third-order valence-electron chi connectivity index (χ3n) is 5.03. The minimum Gasteiger partial charge on any atom is -0.497 e. The van der Waals surface area contributed by atoms with E-state index in [9.17, 15) is 9.59 Å². The summed E-state index contributed by atoms with van der Waals surface area (Å²) in [6, 6.07) is 13.7. The smallest absolute Gasteiger partial charge is 0.261 e. The first kappa shape index (κ1) is 24.5. The first-order valence-electron chi connectivity index (χ1n) is 10.5. The molecule has 0 aliphatic rings. The maximum absolute atomic E-state index is 13.2. The van der Waals surface area contributed by atoms with Gasteiger partial charge in [-0.05, 0) is 55.7 Å². The van der Waals surface area contributed by atoms with Crippen molar-refractivity contribution in [2.75, 3.05) is 13.7 Å². The van der Waals surface area contributed by atoms with Crippen molar-refractivity contribution in [2.45, 2.75) is 52.2 Å². The highest BCUT2D eigenvalue weighted by Gasteiger charge is 2.29. The average Bonchev–Trinajstić information content (AvgIpc) is 2.77. The molecule has 2 aromatic rings. The molecule has 7 heteroatoms. The summed E-state index contributed by atoms with van der Waals surface area (Å²) in [5.74, 6) is 0.737. The van der Waals surface area contributed by atoms with E-state index < -0.39 is 6.04 Å². The molecule has 31 heavy (non-hydrogen) atoms. The molecular weight excluding hydrogens is 416 g/mol. The summed E-state index contributed by atoms with van der Waals surface area (Å²) in [6.07, 6.45) is 1.29. The Balaban J connectivity index is 2.23. The van der Waals surface area contributed by atoms with Gasteiger partial charge in [0.2, 0.25) is 5.91 Å². The SMILES string of the molecule is CC[C@H](C(=O)N[C@@H](C)CC)N(Cc1cccc(OC)c1)C(=O)COc1cccc(Cl)c1. The van der Waals surface area contributed by atoms with E-state index in [1.54, 1.807) is 36.3 Å². The van der Waals surface area contributed by atoms with Crippen molar-refractivity contribution in [2.24, 2.45) is 0 Å². The number of hydrogen-bond donors (Lipinski definition) is 1. The van der Waals surface area contributed by atoms with Crippen LogP contribution in [-0.2, 0) is 16.1 Å². The number of amides is 2. The maximum Gasteiger partial charge on any atom is 0.261 e. The number of hydrogen-bond acceptors (Lipinski definition) is 4. The largest absolute Gasteiger partial charge is 0.497 e. The van der Waals surface area contributed by atoms with Gasteiger partial charge in [-0.3, -0.25) is 9.59 Å². The van der Waals surface area contributed by atoms with Crippen LogP contribution in [-0.4, -0.2) is 42.5 Å². The second-order valence-electron chi connectivity index (χ2n) is 7.36. The number of rotatable bonds is 11. The molecule has 0 bridgehead atoms. The second kappa shape index (κ2) is 12.2. The van der Waals surface area contributed by atoms with Crippen LogP contribution in [0.25, 0.3) is 0 Å². The zero-order valence-electron chi connectivity index (χ0n) is 18.6. The van der Waals surface area contributed by atoms with E-state index in [0.717, 1.165) is 12.0 Å². The maximum atomic E-state index is 13.2. The summed E-state index contributed by atoms with van der Waals surface area (Å²) in [7, 11) is 1.59. The van der Waals surface area contributed by atoms with E-state index in [-0.39, 0.29) is 31.0 Å². The van der Waals surface area contributed by atoms with Crippen LogP contribution in [0.1, 0.15) is 39.2 Å². The van der Waals surface area contributed by atoms with Crippen LogP contribution < -0.4 is 14.8 Å². The Morgan fingerprint density at radius 1 is 1.06 bits per heavy atom. The molecule has 0 heterocycles. The lowest BCUT2D eigenvalue weighted by Gasteiger charge is -2.31. The molecule has 0 spiro atoms. The van der Waals surface area contributed by atoms with Crippen molar-refractivity contribution in [1.29, 1.82) is 0 Å². The van der Waals surface area contributed by atoms with Gasteiger partial charge in [-0.1, -0.05) is 43.6 Å². The number of ether oxygens (including phenoxy) is 2. The van der Waals surface area contributed by atoms with E-state index in [1.807, 2.05) is 45.0 Å². The molecule has 0 aliphatic heterocycles. The molecule has 2 aromatic carbocycles. The standard InChI is InChI=1S/C24H31ClN2O4/c1-5-17(3)26-24(29)22(6-2)27(15-18-9-7-11-20(13-18)30-4)23(28)16-31-21-12-8-10-19(25)14-21/h7-14,17,22H,5-6,15-16H2,1-4H3,(H,26,29)/t17-,22+/m0/s1. The Morgan fingerprint density at radius 3 is 2.42 bits per heavy atom. The van der Waals surface area contributed by atoms with Crippen LogP contribution in [0, 0.1) is 0 Å². The number of benzene rings is 2. The molecule has 1 N–H and O–H groups in total. The Labute approximate surface area is 189 Å². The lowest BCUT2D eigenvalue weighted by Crippen LogP contribution is -2.51. The first-order chi connectivity index (χ1) is 14.9. The summed E-state index contributed by atoms with van der Waals surface area (Å²) in [5.41, 5.74) is 0.866. The van der Waals surface area contributed by atoms with Crippen molar-refractivity contribution >= 4 is 23.4 Å². The zero-order valence-corrected chi connectivity index (χ0v) is 19.3. The number of methoxy groups -OCH3 is 1. The molecular formula is C24H31ClN2O4. The minimum atomic E-state index is -0.615. The fraction of sp³-hybridized carbons (Fsp3) is 0.417. The van der Waals surface area contributed by atoms with E-state index in [4.69, 9.17) is 21.1 Å². The van der Waals surface area contributed by atoms with Crippen molar-refractivity contribution < 1.29 is 19.1 Å². The molecule has 0 aromatic heterocycles. The molecule has 168 valence electrons. The third kappa shape index (κ3) is 7.47. The summed E-state index contributed by atoms with van der Waals surface area (Å²) >= 11 is 6.00. The fourth-order valence-corrected chi connectivity index (χ4v) is 3.29. The van der Waals surface area contributed by atoms with Crippen LogP contribution in [0.4, 0.5) is 0 Å². The van der Waals surface area contributed by atoms with Gasteiger partial charge >= 0.3 is 0 Å². The quantitative estimate of drug-likeness (QED) is 0.553. The molecule has 2 amide bonds. The van der Waals surface area contributed by atoms with Crippen molar-refractivity contribution in [3.05, 3.63) is 59.1 Å². The van der Waals surface area contributed by atoms with Gasteiger partial charge < -0.3 is 19.7 Å².